The minimum atomic E-state index is -0.964. The Hall–Kier alpha value is -1.49. The Labute approximate surface area is 97.8 Å². The molecule has 1 unspecified atom stereocenters. The Morgan fingerprint density at radius 2 is 2.12 bits per heavy atom. The fraction of sp³-hybridized carbons (Fsp3) is 0.417. The summed E-state index contributed by atoms with van der Waals surface area (Å²) < 4.78 is 30.6. The minimum absolute atomic E-state index is 0.257. The number of carbonyl (C=O) groups excluding carboxylic acids is 1. The normalized spacial score (nSPS) is 16.6. The second-order valence-corrected chi connectivity index (χ2v) is 4.07. The number of hydrogen-bond acceptors (Lipinski definition) is 3. The van der Waals surface area contributed by atoms with Crippen molar-refractivity contribution < 1.29 is 18.3 Å². The minimum Gasteiger partial charge on any atom is -0.468 e. The second kappa shape index (κ2) is 4.79. The molecule has 0 radical (unpaired) electrons. The van der Waals surface area contributed by atoms with E-state index in [4.69, 9.17) is 0 Å². The lowest BCUT2D eigenvalue weighted by atomic mass is 10.1. The van der Waals surface area contributed by atoms with Crippen LogP contribution in [0.1, 0.15) is 24.4 Å². The van der Waals surface area contributed by atoms with Crippen LogP contribution in [0.15, 0.2) is 18.2 Å². The Morgan fingerprint density at radius 1 is 1.41 bits per heavy atom. The van der Waals surface area contributed by atoms with Gasteiger partial charge < -0.3 is 4.74 Å². The zero-order valence-electron chi connectivity index (χ0n) is 9.37. The summed E-state index contributed by atoms with van der Waals surface area (Å²) in [7, 11) is 1.27. The molecule has 0 heterocycles. The highest BCUT2D eigenvalue weighted by atomic mass is 19.2. The van der Waals surface area contributed by atoms with Crippen molar-refractivity contribution in [2.75, 3.05) is 7.11 Å². The van der Waals surface area contributed by atoms with Gasteiger partial charge in [-0.15, -0.1) is 0 Å². The van der Waals surface area contributed by atoms with Gasteiger partial charge in [-0.2, -0.15) is 0 Å². The van der Waals surface area contributed by atoms with Gasteiger partial charge in [-0.3, -0.25) is 5.32 Å². The number of nitrogens with one attached hydrogen (secondary N) is 1. The lowest BCUT2D eigenvalue weighted by Crippen LogP contribution is -2.31. The highest BCUT2D eigenvalue weighted by Gasteiger charge is 2.30. The predicted molar refractivity (Wildman–Crippen MR) is 57.3 cm³/mol. The van der Waals surface area contributed by atoms with Crippen LogP contribution in [0, 0.1) is 11.6 Å². The summed E-state index contributed by atoms with van der Waals surface area (Å²) in [5.41, 5.74) is 0.377. The molecule has 0 saturated heterocycles. The van der Waals surface area contributed by atoms with Gasteiger partial charge in [0.1, 0.15) is 6.04 Å². The maximum absolute atomic E-state index is 13.1. The summed E-state index contributed by atoms with van der Waals surface area (Å²) in [4.78, 5) is 11.6. The Balaban J connectivity index is 2.23. The molecule has 0 aromatic heterocycles. The first kappa shape index (κ1) is 12.0. The lowest BCUT2D eigenvalue weighted by Gasteiger charge is -2.16. The molecule has 5 heteroatoms. The van der Waals surface area contributed by atoms with E-state index in [-0.39, 0.29) is 6.04 Å². The number of rotatable bonds is 4. The van der Waals surface area contributed by atoms with Crippen molar-refractivity contribution in [3.8, 4) is 0 Å². The van der Waals surface area contributed by atoms with Gasteiger partial charge in [0.2, 0.25) is 0 Å². The van der Waals surface area contributed by atoms with Crippen molar-refractivity contribution in [1.82, 2.24) is 5.32 Å². The molecule has 1 N–H and O–H groups in total. The number of ether oxygens (including phenoxy) is 1. The van der Waals surface area contributed by atoms with E-state index in [0.29, 0.717) is 5.56 Å². The number of carbonyl (C=O) groups is 1. The van der Waals surface area contributed by atoms with Gasteiger partial charge >= 0.3 is 5.97 Å². The predicted octanol–water partition coefficient (Wildman–Crippen LogP) is 1.93. The van der Waals surface area contributed by atoms with Crippen LogP contribution in [0.3, 0.4) is 0 Å². The fourth-order valence-electron chi connectivity index (χ4n) is 1.60. The van der Waals surface area contributed by atoms with Crippen molar-refractivity contribution >= 4 is 5.97 Å². The molecule has 3 nitrogen and oxygen atoms in total. The Kier molecular flexibility index (Phi) is 3.38. The lowest BCUT2D eigenvalue weighted by molar-refractivity contribution is -0.143. The van der Waals surface area contributed by atoms with Crippen molar-refractivity contribution in [3.05, 3.63) is 35.4 Å². The molecule has 0 aliphatic heterocycles. The third-order valence-corrected chi connectivity index (χ3v) is 2.69. The van der Waals surface area contributed by atoms with Gasteiger partial charge in [0, 0.05) is 6.04 Å². The summed E-state index contributed by atoms with van der Waals surface area (Å²) in [6.45, 7) is 0. The van der Waals surface area contributed by atoms with Gasteiger partial charge in [-0.05, 0) is 30.5 Å². The number of hydrogen-bond donors (Lipinski definition) is 1. The van der Waals surface area contributed by atoms with E-state index in [9.17, 15) is 13.6 Å². The van der Waals surface area contributed by atoms with E-state index in [1.54, 1.807) is 0 Å². The van der Waals surface area contributed by atoms with Gasteiger partial charge in [-0.25, -0.2) is 13.6 Å². The number of halogens is 2. The van der Waals surface area contributed by atoms with Crippen molar-refractivity contribution in [2.24, 2.45) is 0 Å². The molecule has 1 aromatic carbocycles. The van der Waals surface area contributed by atoms with Crippen molar-refractivity contribution in [1.29, 1.82) is 0 Å². The van der Waals surface area contributed by atoms with E-state index >= 15 is 0 Å². The van der Waals surface area contributed by atoms with Crippen LogP contribution in [0.5, 0.6) is 0 Å². The van der Waals surface area contributed by atoms with Gasteiger partial charge in [0.15, 0.2) is 11.6 Å². The van der Waals surface area contributed by atoms with Crippen LogP contribution < -0.4 is 5.32 Å². The topological polar surface area (TPSA) is 38.3 Å². The van der Waals surface area contributed by atoms with Gasteiger partial charge in [0.25, 0.3) is 0 Å². The summed E-state index contributed by atoms with van der Waals surface area (Å²) in [6, 6.07) is 2.94. The third-order valence-electron chi connectivity index (χ3n) is 2.69. The Morgan fingerprint density at radius 3 is 2.65 bits per heavy atom. The first-order valence-electron chi connectivity index (χ1n) is 5.40. The van der Waals surface area contributed by atoms with E-state index in [1.165, 1.54) is 13.2 Å². The Bertz CT molecular complexity index is 433. The smallest absolute Gasteiger partial charge is 0.327 e. The number of esters is 1. The zero-order valence-corrected chi connectivity index (χ0v) is 9.37. The first-order chi connectivity index (χ1) is 8.11. The van der Waals surface area contributed by atoms with Gasteiger partial charge in [-0.1, -0.05) is 6.07 Å². The molecular weight excluding hydrogens is 228 g/mol. The molecule has 1 aromatic rings. The average molecular weight is 241 g/mol. The van der Waals surface area contributed by atoms with Crippen LogP contribution >= 0.6 is 0 Å². The SMILES string of the molecule is COC(=O)C(NC1CC1)c1ccc(F)c(F)c1. The molecule has 2 rings (SSSR count). The molecule has 1 aliphatic rings. The van der Waals surface area contributed by atoms with Crippen LogP contribution in [-0.4, -0.2) is 19.1 Å². The molecule has 0 bridgehead atoms. The second-order valence-electron chi connectivity index (χ2n) is 4.07. The number of methoxy groups -OCH3 is 1. The molecule has 1 fully saturated rings. The maximum Gasteiger partial charge on any atom is 0.327 e. The number of benzene rings is 1. The van der Waals surface area contributed by atoms with Crippen LogP contribution in [0.25, 0.3) is 0 Å². The van der Waals surface area contributed by atoms with Crippen LogP contribution in [0.4, 0.5) is 8.78 Å². The maximum atomic E-state index is 13.1. The summed E-state index contributed by atoms with van der Waals surface area (Å²) >= 11 is 0. The fourth-order valence-corrected chi connectivity index (χ4v) is 1.60. The summed E-state index contributed by atoms with van der Waals surface area (Å²) in [6.07, 6.45) is 1.97. The average Bonchev–Trinajstić information content (AvgIpc) is 3.13. The zero-order chi connectivity index (χ0) is 12.4. The van der Waals surface area contributed by atoms with E-state index < -0.39 is 23.6 Å². The van der Waals surface area contributed by atoms with Gasteiger partial charge in [0.05, 0.1) is 7.11 Å². The highest BCUT2D eigenvalue weighted by Crippen LogP contribution is 2.25. The molecule has 1 saturated carbocycles. The summed E-state index contributed by atoms with van der Waals surface area (Å²) in [5.74, 6) is -2.39. The van der Waals surface area contributed by atoms with Crippen LogP contribution in [-0.2, 0) is 9.53 Å². The molecule has 1 atom stereocenters. The molecule has 92 valence electrons. The third kappa shape index (κ3) is 2.79. The quantitative estimate of drug-likeness (QED) is 0.818. The molecule has 1 aliphatic carbocycles. The van der Waals surface area contributed by atoms with Crippen molar-refractivity contribution in [3.63, 3.8) is 0 Å². The van der Waals surface area contributed by atoms with E-state index in [1.807, 2.05) is 0 Å². The molecule has 17 heavy (non-hydrogen) atoms. The van der Waals surface area contributed by atoms with E-state index in [0.717, 1.165) is 25.0 Å². The first-order valence-corrected chi connectivity index (χ1v) is 5.40. The molecular formula is C12H13F2NO2. The van der Waals surface area contributed by atoms with Crippen LogP contribution in [0.2, 0.25) is 0 Å². The largest absolute Gasteiger partial charge is 0.468 e. The van der Waals surface area contributed by atoms with Crippen molar-refractivity contribution in [2.45, 2.75) is 24.9 Å². The highest BCUT2D eigenvalue weighted by molar-refractivity contribution is 5.77. The summed E-state index contributed by atoms with van der Waals surface area (Å²) in [5, 5.41) is 3.04. The molecule has 0 spiro atoms. The molecule has 0 amide bonds. The monoisotopic (exact) mass is 241 g/mol. The van der Waals surface area contributed by atoms with E-state index in [2.05, 4.69) is 10.1 Å². The standard InChI is InChI=1S/C12H13F2NO2/c1-17-12(16)11(15-8-3-4-8)7-2-5-9(13)10(14)6-7/h2,5-6,8,11,15H,3-4H2,1H3.